The molecule has 0 aliphatic carbocycles. The molecule has 0 spiro atoms. The van der Waals surface area contributed by atoms with Gasteiger partial charge < -0.3 is 4.74 Å². The van der Waals surface area contributed by atoms with Gasteiger partial charge in [0.25, 0.3) is 0 Å². The van der Waals surface area contributed by atoms with Crippen molar-refractivity contribution in [1.29, 1.82) is 0 Å². The maximum atomic E-state index is 13.0. The zero-order valence-corrected chi connectivity index (χ0v) is 21.4. The van der Waals surface area contributed by atoms with Gasteiger partial charge in [0.2, 0.25) is 0 Å². The molecule has 0 fully saturated rings. The number of halogens is 3. The number of ether oxygens (including phenoxy) is 1. The summed E-state index contributed by atoms with van der Waals surface area (Å²) in [5.74, 6) is 0.324. The van der Waals surface area contributed by atoms with E-state index in [1.807, 2.05) is 36.4 Å². The van der Waals surface area contributed by atoms with Gasteiger partial charge in [0.1, 0.15) is 5.75 Å². The number of nitrogens with one attached hydrogen (secondary N) is 1. The first-order valence-corrected chi connectivity index (χ1v) is 12.6. The zero-order valence-electron chi connectivity index (χ0n) is 20.6. The van der Waals surface area contributed by atoms with E-state index in [2.05, 4.69) is 41.5 Å². The predicted molar refractivity (Wildman–Crippen MR) is 134 cm³/mol. The molecule has 3 aromatic rings. The average molecular weight is 506 g/mol. The fourth-order valence-electron chi connectivity index (χ4n) is 3.39. The lowest BCUT2D eigenvalue weighted by atomic mass is 9.86. The van der Waals surface area contributed by atoms with Gasteiger partial charge in [-0.2, -0.15) is 21.6 Å². The molecule has 4 nitrogen and oxygen atoms in total. The smallest absolute Gasteiger partial charge is 0.455 e. The molecule has 0 bridgehead atoms. The summed E-state index contributed by atoms with van der Waals surface area (Å²) in [4.78, 5) is 0. The van der Waals surface area contributed by atoms with Crippen molar-refractivity contribution in [2.24, 2.45) is 0 Å². The molecular weight excluding hydrogens is 475 g/mol. The van der Waals surface area contributed by atoms with Gasteiger partial charge in [0.05, 0.1) is 5.69 Å². The Morgan fingerprint density at radius 3 is 1.60 bits per heavy atom. The minimum atomic E-state index is -5.62. The Labute approximate surface area is 205 Å². The second kappa shape index (κ2) is 9.22. The molecule has 0 aliphatic rings. The first-order chi connectivity index (χ1) is 16.0. The van der Waals surface area contributed by atoms with Crippen molar-refractivity contribution in [2.45, 2.75) is 57.9 Å². The van der Waals surface area contributed by atoms with Crippen LogP contribution in [0.1, 0.15) is 52.7 Å². The van der Waals surface area contributed by atoms with Crippen molar-refractivity contribution >= 4 is 15.7 Å². The summed E-state index contributed by atoms with van der Waals surface area (Å²) in [6.07, 6.45) is 0. The molecule has 0 unspecified atom stereocenters. The second-order valence-electron chi connectivity index (χ2n) is 10.5. The van der Waals surface area contributed by atoms with Crippen molar-refractivity contribution in [3.05, 3.63) is 77.9 Å². The number of benzene rings is 3. The lowest BCUT2D eigenvalue weighted by Gasteiger charge is -2.20. The number of hydrogen-bond donors (Lipinski definition) is 1. The van der Waals surface area contributed by atoms with Crippen LogP contribution in [-0.4, -0.2) is 13.9 Å². The zero-order chi connectivity index (χ0) is 26.2. The molecule has 188 valence electrons. The highest BCUT2D eigenvalue weighted by molar-refractivity contribution is 7.93. The Balaban J connectivity index is 2.03. The van der Waals surface area contributed by atoms with E-state index in [0.717, 1.165) is 16.7 Å². The molecule has 0 saturated heterocycles. The summed E-state index contributed by atoms with van der Waals surface area (Å²) in [7, 11) is -5.62. The lowest BCUT2D eigenvalue weighted by Crippen LogP contribution is -2.30. The van der Waals surface area contributed by atoms with E-state index < -0.39 is 15.5 Å². The monoisotopic (exact) mass is 505 g/mol. The maximum absolute atomic E-state index is 13.0. The fraction of sp³-hybridized carbons (Fsp3) is 0.333. The van der Waals surface area contributed by atoms with Crippen molar-refractivity contribution < 1.29 is 26.3 Å². The van der Waals surface area contributed by atoms with E-state index in [4.69, 9.17) is 4.74 Å². The summed E-state index contributed by atoms with van der Waals surface area (Å²) in [5, 5.41) is 0. The Hall–Kier alpha value is -3.00. The molecule has 3 rings (SSSR count). The van der Waals surface area contributed by atoms with E-state index in [9.17, 15) is 21.6 Å². The van der Waals surface area contributed by atoms with Gasteiger partial charge in [-0.25, -0.2) is 0 Å². The number of anilines is 1. The van der Waals surface area contributed by atoms with E-state index in [1.54, 1.807) is 22.9 Å². The van der Waals surface area contributed by atoms with Gasteiger partial charge in [-0.1, -0.05) is 84.0 Å². The van der Waals surface area contributed by atoms with E-state index in [-0.39, 0.29) is 22.3 Å². The molecule has 1 N–H and O–H groups in total. The van der Waals surface area contributed by atoms with Crippen LogP contribution in [-0.2, 0) is 20.9 Å². The first-order valence-electron chi connectivity index (χ1n) is 11.1. The Morgan fingerprint density at radius 2 is 1.14 bits per heavy atom. The molecule has 0 aliphatic heterocycles. The van der Waals surface area contributed by atoms with Gasteiger partial charge in [-0.05, 0) is 57.3 Å². The van der Waals surface area contributed by atoms with Crippen LogP contribution in [0, 0.1) is 0 Å². The molecule has 35 heavy (non-hydrogen) atoms. The minimum Gasteiger partial charge on any atom is -0.455 e. The fourth-order valence-corrected chi connectivity index (χ4v) is 3.96. The molecule has 0 amide bonds. The van der Waals surface area contributed by atoms with Crippen molar-refractivity contribution in [3.63, 3.8) is 0 Å². The molecule has 0 saturated carbocycles. The van der Waals surface area contributed by atoms with Gasteiger partial charge in [-0.15, -0.1) is 0 Å². The minimum absolute atomic E-state index is 0.0360. The van der Waals surface area contributed by atoms with Crippen LogP contribution >= 0.6 is 0 Å². The molecule has 0 atom stereocenters. The third-order valence-electron chi connectivity index (χ3n) is 5.56. The predicted octanol–water partition coefficient (Wildman–Crippen LogP) is 8.00. The number of sulfonamides is 1. The largest absolute Gasteiger partial charge is 0.516 e. The van der Waals surface area contributed by atoms with Crippen molar-refractivity contribution in [1.82, 2.24) is 0 Å². The van der Waals surface area contributed by atoms with E-state index in [1.165, 1.54) is 12.1 Å². The van der Waals surface area contributed by atoms with Crippen LogP contribution < -0.4 is 9.46 Å². The van der Waals surface area contributed by atoms with Crippen molar-refractivity contribution in [3.8, 4) is 22.6 Å². The van der Waals surface area contributed by atoms with Crippen LogP contribution in [0.15, 0.2) is 66.7 Å². The first kappa shape index (κ1) is 26.6. The Morgan fingerprint density at radius 1 is 0.686 bits per heavy atom. The topological polar surface area (TPSA) is 55.4 Å². The average Bonchev–Trinajstić information content (AvgIpc) is 2.73. The molecule has 3 aromatic carbocycles. The molecular formula is C27H30F3NO3S. The third kappa shape index (κ3) is 6.36. The maximum Gasteiger partial charge on any atom is 0.516 e. The summed E-state index contributed by atoms with van der Waals surface area (Å²) < 4.78 is 70.1. The van der Waals surface area contributed by atoms with Crippen LogP contribution in [0.4, 0.5) is 18.9 Å². The standard InChI is InChI=1S/C27H30F3NO3S/c1-25(2,3)20-10-7-18(8-11-20)19-9-16-23(31-35(32,33)27(28,29)30)24(17-19)34-22-14-12-21(13-15-22)26(4,5)6/h7-17,31H,1-6H3. The lowest BCUT2D eigenvalue weighted by molar-refractivity contribution is -0.0429. The summed E-state index contributed by atoms with van der Waals surface area (Å²) in [5.41, 5.74) is -2.23. The summed E-state index contributed by atoms with van der Waals surface area (Å²) in [6.45, 7) is 12.5. The quantitative estimate of drug-likeness (QED) is 0.382. The van der Waals surface area contributed by atoms with Gasteiger partial charge in [0, 0.05) is 0 Å². The SMILES string of the molecule is CC(C)(C)c1ccc(Oc2cc(-c3ccc(C(C)(C)C)cc3)ccc2NS(=O)(=O)C(F)(F)F)cc1. The van der Waals surface area contributed by atoms with Crippen LogP contribution in [0.5, 0.6) is 11.5 Å². The summed E-state index contributed by atoms with van der Waals surface area (Å²) >= 11 is 0. The summed E-state index contributed by atoms with van der Waals surface area (Å²) in [6, 6.07) is 19.3. The van der Waals surface area contributed by atoms with Crippen LogP contribution in [0.2, 0.25) is 0 Å². The number of hydrogen-bond acceptors (Lipinski definition) is 3. The normalized spacial score (nSPS) is 12.9. The molecule has 0 heterocycles. The number of rotatable bonds is 5. The molecule has 8 heteroatoms. The molecule has 0 radical (unpaired) electrons. The van der Waals surface area contributed by atoms with Gasteiger partial charge in [-0.3, -0.25) is 4.72 Å². The van der Waals surface area contributed by atoms with E-state index >= 15 is 0 Å². The highest BCUT2D eigenvalue weighted by Crippen LogP contribution is 2.37. The van der Waals surface area contributed by atoms with E-state index in [0.29, 0.717) is 11.3 Å². The Bertz CT molecular complexity index is 1280. The second-order valence-corrected chi connectivity index (χ2v) is 12.1. The third-order valence-corrected chi connectivity index (χ3v) is 6.66. The van der Waals surface area contributed by atoms with Crippen molar-refractivity contribution in [2.75, 3.05) is 4.72 Å². The highest BCUT2D eigenvalue weighted by atomic mass is 32.2. The number of alkyl halides is 3. The van der Waals surface area contributed by atoms with Gasteiger partial charge >= 0.3 is 15.5 Å². The van der Waals surface area contributed by atoms with Crippen LogP contribution in [0.3, 0.4) is 0 Å². The molecule has 0 aromatic heterocycles. The van der Waals surface area contributed by atoms with Crippen LogP contribution in [0.25, 0.3) is 11.1 Å². The Kier molecular flexibility index (Phi) is 7.01. The highest BCUT2D eigenvalue weighted by Gasteiger charge is 2.46. The van der Waals surface area contributed by atoms with Gasteiger partial charge in [0.15, 0.2) is 5.75 Å².